The highest BCUT2D eigenvalue weighted by Gasteiger charge is 2.12. The molecule has 0 aliphatic heterocycles. The second-order valence-corrected chi connectivity index (χ2v) is 6.37. The van der Waals surface area contributed by atoms with Crippen LogP contribution in [0.4, 0.5) is 0 Å². The summed E-state index contributed by atoms with van der Waals surface area (Å²) in [4.78, 5) is 34.4. The molecule has 0 heterocycles. The highest BCUT2D eigenvalue weighted by molar-refractivity contribution is 6.43. The Bertz CT molecular complexity index is 652. The van der Waals surface area contributed by atoms with E-state index < -0.39 is 25.1 Å². The van der Waals surface area contributed by atoms with Crippen molar-refractivity contribution >= 4 is 52.6 Å². The number of rotatable bonds is 8. The Morgan fingerprint density at radius 1 is 1.00 bits per heavy atom. The van der Waals surface area contributed by atoms with Gasteiger partial charge in [-0.15, -0.1) is 0 Å². The quantitative estimate of drug-likeness (QED) is 0.505. The molecule has 10 heteroatoms. The average molecular weight is 412 g/mol. The van der Waals surface area contributed by atoms with Gasteiger partial charge in [0.25, 0.3) is 5.91 Å². The van der Waals surface area contributed by atoms with E-state index in [0.29, 0.717) is 0 Å². The molecule has 138 valence electrons. The molecule has 0 aliphatic rings. The van der Waals surface area contributed by atoms with E-state index in [2.05, 4.69) is 10.6 Å². The van der Waals surface area contributed by atoms with Crippen LogP contribution >= 0.6 is 34.8 Å². The minimum Gasteiger partial charge on any atom is -0.480 e. The summed E-state index contributed by atoms with van der Waals surface area (Å²) in [6.07, 6.45) is 0. The van der Waals surface area contributed by atoms with Gasteiger partial charge in [0.1, 0.15) is 5.75 Å². The number of halogens is 3. The van der Waals surface area contributed by atoms with E-state index in [1.54, 1.807) is 13.8 Å². The highest BCUT2D eigenvalue weighted by atomic mass is 35.5. The molecule has 1 aromatic carbocycles. The number of carbonyl (C=O) groups excluding carboxylic acids is 3. The summed E-state index contributed by atoms with van der Waals surface area (Å²) >= 11 is 17.5. The first-order valence-corrected chi connectivity index (χ1v) is 8.31. The van der Waals surface area contributed by atoms with E-state index >= 15 is 0 Å². The zero-order valence-corrected chi connectivity index (χ0v) is 15.8. The molecular formula is C15H17Cl3N2O5. The fraction of sp³-hybridized carbons (Fsp3) is 0.400. The molecule has 0 saturated carbocycles. The lowest BCUT2D eigenvalue weighted by atomic mass is 10.3. The van der Waals surface area contributed by atoms with Crippen molar-refractivity contribution in [3.05, 3.63) is 27.2 Å². The lowest BCUT2D eigenvalue weighted by Gasteiger charge is -2.10. The van der Waals surface area contributed by atoms with Crippen LogP contribution in [0.2, 0.25) is 15.1 Å². The van der Waals surface area contributed by atoms with Crippen molar-refractivity contribution in [1.29, 1.82) is 0 Å². The molecule has 0 fully saturated rings. The normalized spacial score (nSPS) is 10.3. The molecule has 1 aromatic rings. The van der Waals surface area contributed by atoms with Gasteiger partial charge in [0, 0.05) is 12.1 Å². The molecule has 7 nitrogen and oxygen atoms in total. The standard InChI is InChI=1S/C15H17Cl3N2O5/c1-8(2)20-13(21)5-19-14(22)6-25-15(23)7-24-12-4-10(17)9(16)3-11(12)18/h3-4,8H,5-7H2,1-2H3,(H,19,22)(H,20,21). The second kappa shape index (κ2) is 10.3. The lowest BCUT2D eigenvalue weighted by molar-refractivity contribution is -0.150. The maximum atomic E-state index is 11.6. The molecule has 2 N–H and O–H groups in total. The van der Waals surface area contributed by atoms with E-state index in [-0.39, 0.29) is 39.3 Å². The molecule has 0 aliphatic carbocycles. The van der Waals surface area contributed by atoms with Crippen molar-refractivity contribution in [3.63, 3.8) is 0 Å². The Kier molecular flexibility index (Phi) is 8.82. The van der Waals surface area contributed by atoms with Crippen molar-refractivity contribution < 1.29 is 23.9 Å². The molecule has 0 spiro atoms. The Morgan fingerprint density at radius 3 is 2.28 bits per heavy atom. The van der Waals surface area contributed by atoms with Gasteiger partial charge in [0.15, 0.2) is 13.2 Å². The van der Waals surface area contributed by atoms with Crippen LogP contribution in [0.5, 0.6) is 5.75 Å². The summed E-state index contributed by atoms with van der Waals surface area (Å²) < 4.78 is 9.89. The van der Waals surface area contributed by atoms with Crippen molar-refractivity contribution in [2.45, 2.75) is 19.9 Å². The Balaban J connectivity index is 2.32. The predicted molar refractivity (Wildman–Crippen MR) is 94.2 cm³/mol. The number of hydrogen-bond acceptors (Lipinski definition) is 5. The average Bonchev–Trinajstić information content (AvgIpc) is 2.52. The van der Waals surface area contributed by atoms with Crippen LogP contribution in [-0.4, -0.2) is 43.6 Å². The summed E-state index contributed by atoms with van der Waals surface area (Å²) in [5.74, 6) is -1.58. The van der Waals surface area contributed by atoms with Crippen LogP contribution in [0.15, 0.2) is 12.1 Å². The van der Waals surface area contributed by atoms with E-state index in [4.69, 9.17) is 44.3 Å². The smallest absolute Gasteiger partial charge is 0.344 e. The van der Waals surface area contributed by atoms with Crippen molar-refractivity contribution in [2.75, 3.05) is 19.8 Å². The molecule has 1 rings (SSSR count). The number of nitrogens with one attached hydrogen (secondary N) is 2. The molecule has 2 amide bonds. The summed E-state index contributed by atoms with van der Waals surface area (Å²) in [5, 5.41) is 5.56. The summed E-state index contributed by atoms with van der Waals surface area (Å²) in [7, 11) is 0. The molecule has 25 heavy (non-hydrogen) atoms. The van der Waals surface area contributed by atoms with Crippen molar-refractivity contribution in [2.24, 2.45) is 0 Å². The zero-order valence-electron chi connectivity index (χ0n) is 13.5. The Morgan fingerprint density at radius 2 is 1.64 bits per heavy atom. The maximum absolute atomic E-state index is 11.6. The van der Waals surface area contributed by atoms with E-state index in [1.807, 2.05) is 0 Å². The van der Waals surface area contributed by atoms with Crippen molar-refractivity contribution in [3.8, 4) is 5.75 Å². The first-order chi connectivity index (χ1) is 11.7. The van der Waals surface area contributed by atoms with Gasteiger partial charge in [0.2, 0.25) is 5.91 Å². The molecule has 0 radical (unpaired) electrons. The number of esters is 1. The van der Waals surface area contributed by atoms with Gasteiger partial charge in [-0.25, -0.2) is 4.79 Å². The second-order valence-electron chi connectivity index (χ2n) is 5.15. The van der Waals surface area contributed by atoms with Gasteiger partial charge in [-0.1, -0.05) is 34.8 Å². The van der Waals surface area contributed by atoms with E-state index in [1.165, 1.54) is 12.1 Å². The van der Waals surface area contributed by atoms with Crippen LogP contribution in [0, 0.1) is 0 Å². The van der Waals surface area contributed by atoms with Crippen LogP contribution < -0.4 is 15.4 Å². The monoisotopic (exact) mass is 410 g/mol. The van der Waals surface area contributed by atoms with Crippen LogP contribution in [0.1, 0.15) is 13.8 Å². The third kappa shape index (κ3) is 8.29. The number of carbonyl (C=O) groups is 3. The predicted octanol–water partition coefficient (Wildman–Crippen LogP) is 2.21. The molecule has 0 aromatic heterocycles. The highest BCUT2D eigenvalue weighted by Crippen LogP contribution is 2.33. The Hall–Kier alpha value is -1.70. The fourth-order valence-corrected chi connectivity index (χ4v) is 2.13. The van der Waals surface area contributed by atoms with E-state index in [9.17, 15) is 14.4 Å². The first-order valence-electron chi connectivity index (χ1n) is 7.18. The maximum Gasteiger partial charge on any atom is 0.344 e. The number of hydrogen-bond donors (Lipinski definition) is 2. The number of ether oxygens (including phenoxy) is 2. The third-order valence-electron chi connectivity index (χ3n) is 2.58. The molecule has 0 saturated heterocycles. The van der Waals surface area contributed by atoms with Gasteiger partial charge in [-0.05, 0) is 19.9 Å². The largest absolute Gasteiger partial charge is 0.480 e. The molecular weight excluding hydrogens is 395 g/mol. The fourth-order valence-electron chi connectivity index (χ4n) is 1.54. The van der Waals surface area contributed by atoms with E-state index in [0.717, 1.165) is 0 Å². The minimum atomic E-state index is -0.788. The number of amides is 2. The number of benzene rings is 1. The molecule has 0 atom stereocenters. The van der Waals surface area contributed by atoms with Crippen LogP contribution in [-0.2, 0) is 19.1 Å². The summed E-state index contributed by atoms with van der Waals surface area (Å²) in [5.41, 5.74) is 0. The van der Waals surface area contributed by atoms with Gasteiger partial charge in [-0.3, -0.25) is 9.59 Å². The first kappa shape index (κ1) is 21.3. The van der Waals surface area contributed by atoms with Gasteiger partial charge in [0.05, 0.1) is 21.6 Å². The van der Waals surface area contributed by atoms with Crippen LogP contribution in [0.25, 0.3) is 0 Å². The minimum absolute atomic E-state index is 0.0347. The molecule has 0 bridgehead atoms. The van der Waals surface area contributed by atoms with Gasteiger partial charge < -0.3 is 20.1 Å². The topological polar surface area (TPSA) is 93.7 Å². The zero-order chi connectivity index (χ0) is 19.0. The van der Waals surface area contributed by atoms with Crippen molar-refractivity contribution in [1.82, 2.24) is 10.6 Å². The van der Waals surface area contributed by atoms with Gasteiger partial charge in [-0.2, -0.15) is 0 Å². The summed E-state index contributed by atoms with van der Waals surface area (Å²) in [6.45, 7) is 2.37. The van der Waals surface area contributed by atoms with Crippen LogP contribution in [0.3, 0.4) is 0 Å². The molecule has 0 unspecified atom stereocenters. The lowest BCUT2D eigenvalue weighted by Crippen LogP contribution is -2.41. The van der Waals surface area contributed by atoms with Gasteiger partial charge >= 0.3 is 5.97 Å². The Labute approximate surface area is 159 Å². The summed E-state index contributed by atoms with van der Waals surface area (Å²) in [6, 6.07) is 2.70. The SMILES string of the molecule is CC(C)NC(=O)CNC(=O)COC(=O)COc1cc(Cl)c(Cl)cc1Cl. The third-order valence-corrected chi connectivity index (χ3v) is 3.60.